The molecule has 2 heterocycles. The van der Waals surface area contributed by atoms with E-state index in [0.717, 1.165) is 16.8 Å². The minimum atomic E-state index is -3.26. The van der Waals surface area contributed by atoms with Crippen LogP contribution >= 0.6 is 0 Å². The third kappa shape index (κ3) is 3.57. The Morgan fingerprint density at radius 3 is 2.07 bits per heavy atom. The number of hydrogen-bond donors (Lipinski definition) is 0. The lowest BCUT2D eigenvalue weighted by Crippen LogP contribution is -1.96. The fraction of sp³-hybridized carbons (Fsp3) is 0.0476. The number of halogens is 1. The van der Waals surface area contributed by atoms with Crippen molar-refractivity contribution in [2.24, 2.45) is 0 Å². The fourth-order valence-corrected chi connectivity index (χ4v) is 3.53. The van der Waals surface area contributed by atoms with Gasteiger partial charge in [0.2, 0.25) is 0 Å². The smallest absolute Gasteiger partial charge is 0.175 e. The molecule has 0 aliphatic rings. The van der Waals surface area contributed by atoms with Crippen LogP contribution in [-0.4, -0.2) is 29.2 Å². The molecule has 0 bridgehead atoms. The Kier molecular flexibility index (Phi) is 4.52. The summed E-state index contributed by atoms with van der Waals surface area (Å²) in [7, 11) is -3.26. The summed E-state index contributed by atoms with van der Waals surface area (Å²) in [6, 6.07) is 16.4. The Bertz CT molecular complexity index is 1220. The highest BCUT2D eigenvalue weighted by Crippen LogP contribution is 2.28. The molecule has 0 radical (unpaired) electrons. The van der Waals surface area contributed by atoms with Gasteiger partial charge >= 0.3 is 0 Å². The van der Waals surface area contributed by atoms with Gasteiger partial charge in [-0.2, -0.15) is 0 Å². The van der Waals surface area contributed by atoms with E-state index in [1.54, 1.807) is 48.8 Å². The second-order valence-electron chi connectivity index (χ2n) is 6.33. The van der Waals surface area contributed by atoms with Gasteiger partial charge in [-0.3, -0.25) is 9.55 Å². The van der Waals surface area contributed by atoms with Crippen LogP contribution in [0, 0.1) is 5.82 Å². The molecular weight excluding hydrogens is 377 g/mol. The molecule has 0 aliphatic carbocycles. The van der Waals surface area contributed by atoms with Gasteiger partial charge in [-0.15, -0.1) is 0 Å². The second kappa shape index (κ2) is 7.01. The summed E-state index contributed by atoms with van der Waals surface area (Å²) < 4.78 is 38.6. The van der Waals surface area contributed by atoms with Gasteiger partial charge in [0.05, 0.1) is 16.3 Å². The van der Waals surface area contributed by atoms with E-state index >= 15 is 0 Å². The molecule has 0 aliphatic heterocycles. The minimum absolute atomic E-state index is 0.253. The van der Waals surface area contributed by atoms with Gasteiger partial charge < -0.3 is 0 Å². The molecule has 2 aromatic carbocycles. The number of nitrogens with zero attached hydrogens (tertiary/aromatic N) is 3. The van der Waals surface area contributed by atoms with Crippen molar-refractivity contribution < 1.29 is 12.8 Å². The maximum atomic E-state index is 13.3. The highest BCUT2D eigenvalue weighted by Gasteiger charge is 2.14. The highest BCUT2D eigenvalue weighted by atomic mass is 32.2. The molecule has 4 rings (SSSR count). The normalized spacial score (nSPS) is 11.5. The average Bonchev–Trinajstić information content (AvgIpc) is 3.14. The zero-order valence-corrected chi connectivity index (χ0v) is 15.8. The summed E-state index contributed by atoms with van der Waals surface area (Å²) >= 11 is 0. The molecule has 140 valence electrons. The SMILES string of the molecule is CS(=O)(=O)c1ccc(-c2cn(-c3ccncc3)c(-c3ccc(F)cc3)n2)cc1. The summed E-state index contributed by atoms with van der Waals surface area (Å²) in [6.45, 7) is 0. The number of benzene rings is 2. The molecule has 4 aromatic rings. The minimum Gasteiger partial charge on any atom is -0.299 e. The molecular formula is C21H16FN3O2S. The van der Waals surface area contributed by atoms with E-state index in [4.69, 9.17) is 4.98 Å². The van der Waals surface area contributed by atoms with E-state index < -0.39 is 9.84 Å². The topological polar surface area (TPSA) is 64.8 Å². The van der Waals surface area contributed by atoms with Crippen molar-refractivity contribution in [3.63, 3.8) is 0 Å². The van der Waals surface area contributed by atoms with Crippen LogP contribution < -0.4 is 0 Å². The van der Waals surface area contributed by atoms with Gasteiger partial charge in [0, 0.05) is 36.0 Å². The lowest BCUT2D eigenvalue weighted by Gasteiger charge is -2.07. The zero-order chi connectivity index (χ0) is 19.7. The van der Waals surface area contributed by atoms with Crippen molar-refractivity contribution in [1.82, 2.24) is 14.5 Å². The van der Waals surface area contributed by atoms with Crippen LogP contribution in [-0.2, 0) is 9.84 Å². The van der Waals surface area contributed by atoms with Crippen LogP contribution in [0.2, 0.25) is 0 Å². The molecule has 0 saturated carbocycles. The van der Waals surface area contributed by atoms with Crippen molar-refractivity contribution >= 4 is 9.84 Å². The molecule has 0 atom stereocenters. The molecule has 0 saturated heterocycles. The summed E-state index contributed by atoms with van der Waals surface area (Å²) in [4.78, 5) is 9.01. The van der Waals surface area contributed by atoms with Gasteiger partial charge in [-0.25, -0.2) is 17.8 Å². The number of sulfone groups is 1. The van der Waals surface area contributed by atoms with E-state index in [0.29, 0.717) is 11.5 Å². The molecule has 7 heteroatoms. The van der Waals surface area contributed by atoms with E-state index in [9.17, 15) is 12.8 Å². The first kappa shape index (κ1) is 18.1. The molecule has 0 fully saturated rings. The van der Waals surface area contributed by atoms with Crippen LogP contribution in [0.4, 0.5) is 4.39 Å². The van der Waals surface area contributed by atoms with Crippen LogP contribution in [0.15, 0.2) is 84.1 Å². The van der Waals surface area contributed by atoms with Crippen molar-refractivity contribution in [2.75, 3.05) is 6.26 Å². The molecule has 28 heavy (non-hydrogen) atoms. The maximum absolute atomic E-state index is 13.3. The lowest BCUT2D eigenvalue weighted by atomic mass is 10.2. The summed E-state index contributed by atoms with van der Waals surface area (Å²) in [5.41, 5.74) is 3.08. The third-order valence-electron chi connectivity index (χ3n) is 4.33. The first-order chi connectivity index (χ1) is 13.4. The molecule has 5 nitrogen and oxygen atoms in total. The Hall–Kier alpha value is -3.32. The molecule has 0 spiro atoms. The molecule has 2 aromatic heterocycles. The average molecular weight is 393 g/mol. The Balaban J connectivity index is 1.85. The summed E-state index contributed by atoms with van der Waals surface area (Å²) in [6.07, 6.45) is 6.41. The van der Waals surface area contributed by atoms with Crippen LogP contribution in [0.25, 0.3) is 28.3 Å². The number of rotatable bonds is 4. The monoisotopic (exact) mass is 393 g/mol. The van der Waals surface area contributed by atoms with Crippen molar-refractivity contribution in [3.05, 3.63) is 85.1 Å². The summed E-state index contributed by atoms with van der Waals surface area (Å²) in [5, 5.41) is 0. The van der Waals surface area contributed by atoms with E-state index in [-0.39, 0.29) is 10.7 Å². The van der Waals surface area contributed by atoms with Crippen LogP contribution in [0.3, 0.4) is 0 Å². The quantitative estimate of drug-likeness (QED) is 0.523. The number of pyridine rings is 1. The van der Waals surface area contributed by atoms with Gasteiger partial charge in [-0.1, -0.05) is 12.1 Å². The summed E-state index contributed by atoms with van der Waals surface area (Å²) in [5.74, 6) is 0.329. The number of aromatic nitrogens is 3. The van der Waals surface area contributed by atoms with Crippen molar-refractivity contribution in [3.8, 4) is 28.3 Å². The van der Waals surface area contributed by atoms with Crippen molar-refractivity contribution in [2.45, 2.75) is 4.90 Å². The number of hydrogen-bond acceptors (Lipinski definition) is 4. The van der Waals surface area contributed by atoms with Gasteiger partial charge in [0.15, 0.2) is 9.84 Å². The standard InChI is InChI=1S/C21H16FN3O2S/c1-28(26,27)19-8-4-15(5-9-19)20-14-25(18-10-12-23-13-11-18)21(24-20)16-2-6-17(22)7-3-16/h2-14H,1H3. The first-order valence-corrected chi connectivity index (χ1v) is 10.4. The first-order valence-electron chi connectivity index (χ1n) is 8.48. The Labute approximate surface area is 162 Å². The predicted molar refractivity (Wildman–Crippen MR) is 105 cm³/mol. The van der Waals surface area contributed by atoms with E-state index in [2.05, 4.69) is 4.98 Å². The van der Waals surface area contributed by atoms with Crippen LogP contribution in [0.5, 0.6) is 0 Å². The molecule has 0 amide bonds. The Morgan fingerprint density at radius 1 is 0.857 bits per heavy atom. The molecule has 0 unspecified atom stereocenters. The predicted octanol–water partition coefficient (Wildman–Crippen LogP) is 4.14. The fourth-order valence-electron chi connectivity index (χ4n) is 2.90. The number of imidazole rings is 1. The largest absolute Gasteiger partial charge is 0.299 e. The molecule has 0 N–H and O–H groups in total. The van der Waals surface area contributed by atoms with Gasteiger partial charge in [-0.05, 0) is 48.5 Å². The van der Waals surface area contributed by atoms with Gasteiger partial charge in [0.25, 0.3) is 0 Å². The maximum Gasteiger partial charge on any atom is 0.175 e. The zero-order valence-electron chi connectivity index (χ0n) is 14.9. The third-order valence-corrected chi connectivity index (χ3v) is 5.46. The Morgan fingerprint density at radius 2 is 1.46 bits per heavy atom. The second-order valence-corrected chi connectivity index (χ2v) is 8.34. The van der Waals surface area contributed by atoms with E-state index in [1.807, 2.05) is 22.9 Å². The van der Waals surface area contributed by atoms with E-state index in [1.165, 1.54) is 18.4 Å². The van der Waals surface area contributed by atoms with Crippen molar-refractivity contribution in [1.29, 1.82) is 0 Å². The highest BCUT2D eigenvalue weighted by molar-refractivity contribution is 7.90. The van der Waals surface area contributed by atoms with Gasteiger partial charge in [0.1, 0.15) is 11.6 Å². The lowest BCUT2D eigenvalue weighted by molar-refractivity contribution is 0.602. The van der Waals surface area contributed by atoms with Crippen LogP contribution in [0.1, 0.15) is 0 Å².